The van der Waals surface area contributed by atoms with Gasteiger partial charge in [-0.3, -0.25) is 4.99 Å². The molecule has 308 valence electrons. The summed E-state index contributed by atoms with van der Waals surface area (Å²) < 4.78 is 2.41. The lowest BCUT2D eigenvalue weighted by Crippen LogP contribution is -2.31. The van der Waals surface area contributed by atoms with E-state index in [9.17, 15) is 0 Å². The van der Waals surface area contributed by atoms with E-state index in [2.05, 4.69) is 237 Å². The molecule has 1 aromatic heterocycles. The molecular weight excluding hydrogens is 775 g/mol. The van der Waals surface area contributed by atoms with Crippen LogP contribution in [0.4, 0.5) is 22.7 Å². The third-order valence-electron chi connectivity index (χ3n) is 13.7. The van der Waals surface area contributed by atoms with Crippen molar-refractivity contribution in [2.75, 3.05) is 4.90 Å². The maximum Gasteiger partial charge on any atom is 0.0779 e. The molecule has 3 heteroatoms. The number of anilines is 3. The van der Waals surface area contributed by atoms with Gasteiger partial charge in [-0.25, -0.2) is 0 Å². The van der Waals surface area contributed by atoms with Gasteiger partial charge in [-0.1, -0.05) is 178 Å². The van der Waals surface area contributed by atoms with Gasteiger partial charge in [0.2, 0.25) is 0 Å². The molecule has 11 rings (SSSR count). The van der Waals surface area contributed by atoms with Crippen molar-refractivity contribution in [3.8, 4) is 16.8 Å². The molecule has 0 saturated carbocycles. The zero-order chi connectivity index (χ0) is 43.4. The van der Waals surface area contributed by atoms with E-state index < -0.39 is 5.41 Å². The molecule has 0 bridgehead atoms. The summed E-state index contributed by atoms with van der Waals surface area (Å²) in [7, 11) is 0. The summed E-state index contributed by atoms with van der Waals surface area (Å²) in [5.74, 6) is 0. The van der Waals surface area contributed by atoms with Crippen LogP contribution in [0.2, 0.25) is 0 Å². The lowest BCUT2D eigenvalue weighted by Gasteiger charge is -2.29. The van der Waals surface area contributed by atoms with E-state index in [1.807, 2.05) is 12.2 Å². The van der Waals surface area contributed by atoms with E-state index in [4.69, 9.17) is 4.99 Å². The van der Waals surface area contributed by atoms with Crippen LogP contribution >= 0.6 is 0 Å². The van der Waals surface area contributed by atoms with Crippen LogP contribution < -0.4 is 4.90 Å². The molecule has 2 heterocycles. The Morgan fingerprint density at radius 2 is 1.22 bits per heavy atom. The highest BCUT2D eigenvalue weighted by Crippen LogP contribution is 2.53. The summed E-state index contributed by atoms with van der Waals surface area (Å²) in [4.78, 5) is 8.01. The van der Waals surface area contributed by atoms with Gasteiger partial charge in [-0.2, -0.15) is 0 Å². The molecule has 1 unspecified atom stereocenters. The van der Waals surface area contributed by atoms with Gasteiger partial charge in [0.1, 0.15) is 0 Å². The second-order valence-electron chi connectivity index (χ2n) is 17.7. The van der Waals surface area contributed by atoms with E-state index in [-0.39, 0.29) is 5.41 Å². The van der Waals surface area contributed by atoms with Crippen molar-refractivity contribution in [3.05, 3.63) is 258 Å². The van der Waals surface area contributed by atoms with Crippen LogP contribution in [0, 0.1) is 0 Å². The van der Waals surface area contributed by atoms with Gasteiger partial charge < -0.3 is 9.47 Å². The molecule has 1 atom stereocenters. The topological polar surface area (TPSA) is 20.5 Å². The highest BCUT2D eigenvalue weighted by molar-refractivity contribution is 6.22. The summed E-state index contributed by atoms with van der Waals surface area (Å²) >= 11 is 0. The molecule has 64 heavy (non-hydrogen) atoms. The fourth-order valence-electron chi connectivity index (χ4n) is 10.4. The Bertz CT molecular complexity index is 3330. The first-order valence-electron chi connectivity index (χ1n) is 22.3. The Morgan fingerprint density at radius 1 is 0.562 bits per heavy atom. The Hall–Kier alpha value is -7.75. The molecule has 0 fully saturated rings. The summed E-state index contributed by atoms with van der Waals surface area (Å²) in [6.07, 6.45) is 10.9. The van der Waals surface area contributed by atoms with E-state index in [0.29, 0.717) is 0 Å². The number of fused-ring (bicyclic) bond motifs is 8. The fourth-order valence-corrected chi connectivity index (χ4v) is 10.4. The Balaban J connectivity index is 1.04. The molecule has 9 aromatic rings. The smallest absolute Gasteiger partial charge is 0.0779 e. The third-order valence-corrected chi connectivity index (χ3v) is 13.7. The van der Waals surface area contributed by atoms with Gasteiger partial charge in [-0.15, -0.1) is 0 Å². The predicted molar refractivity (Wildman–Crippen MR) is 271 cm³/mol. The first-order chi connectivity index (χ1) is 31.4. The van der Waals surface area contributed by atoms with E-state index in [1.54, 1.807) is 6.08 Å². The lowest BCUT2D eigenvalue weighted by atomic mass is 9.71. The molecule has 0 saturated heterocycles. The molecule has 0 N–H and O–H groups in total. The largest absolute Gasteiger partial charge is 0.310 e. The normalized spacial score (nSPS) is 16.0. The minimum Gasteiger partial charge on any atom is -0.310 e. The predicted octanol–water partition coefficient (Wildman–Crippen LogP) is 15.8. The number of benzene rings is 8. The highest BCUT2D eigenvalue weighted by atomic mass is 15.1. The molecule has 1 aliphatic carbocycles. The molecule has 0 spiro atoms. The molecule has 3 nitrogen and oxygen atoms in total. The quantitative estimate of drug-likeness (QED) is 0.126. The SMILES string of the molecule is C=C/C=C\C=C/Cc1ccc(N(c2ccc(-n3c4ccccc4c4c5c(ccc43)C(C)(c3ccccc3)C(c3ccccc3)=N5)cc2)c2ccc3c(c2)C(C)(C)c2ccccc2-3)cc1. The third kappa shape index (κ3) is 6.22. The first kappa shape index (κ1) is 39.1. The Labute approximate surface area is 376 Å². The van der Waals surface area contributed by atoms with Crippen molar-refractivity contribution in [2.24, 2.45) is 4.99 Å². The zero-order valence-electron chi connectivity index (χ0n) is 36.5. The monoisotopic (exact) mass is 823 g/mol. The minimum absolute atomic E-state index is 0.116. The number of allylic oxidation sites excluding steroid dienone is 5. The van der Waals surface area contributed by atoms with Crippen LogP contribution in [-0.2, 0) is 17.3 Å². The number of para-hydroxylation sites is 1. The van der Waals surface area contributed by atoms with Crippen LogP contribution in [-0.4, -0.2) is 10.3 Å². The van der Waals surface area contributed by atoms with Gasteiger partial charge in [-0.05, 0) is 119 Å². The molecule has 2 aliphatic rings. The standard InChI is InChI=1S/C61H49N3/c1-5-6-7-8-11-20-42-29-31-45(32-30-42)63(48-37-38-50-49-25-16-18-27-52(49)60(2,3)54(50)41-48)46-33-35-47(36-34-46)64-55-28-19-17-26-51(55)57-56(64)40-39-53-58(57)62-59(43-21-12-9-13-22-43)61(53,4)44-23-14-10-15-24-44/h5-19,21-41H,1,20H2,2-4H3/b7-6-,11-8-. The summed E-state index contributed by atoms with van der Waals surface area (Å²) in [6.45, 7) is 10.8. The molecular formula is C61H49N3. The fraction of sp³-hybridized carbons (Fsp3) is 0.0984. The summed E-state index contributed by atoms with van der Waals surface area (Å²) in [6, 6.07) is 68.9. The van der Waals surface area contributed by atoms with Gasteiger partial charge in [0.25, 0.3) is 0 Å². The minimum atomic E-state index is -0.423. The van der Waals surface area contributed by atoms with Crippen LogP contribution in [0.1, 0.15) is 54.2 Å². The van der Waals surface area contributed by atoms with Crippen LogP contribution in [0.3, 0.4) is 0 Å². The molecule has 0 radical (unpaired) electrons. The number of hydrogen-bond acceptors (Lipinski definition) is 2. The second-order valence-corrected chi connectivity index (χ2v) is 17.7. The van der Waals surface area contributed by atoms with E-state index >= 15 is 0 Å². The summed E-state index contributed by atoms with van der Waals surface area (Å²) in [5, 5.41) is 2.38. The van der Waals surface area contributed by atoms with Crippen molar-refractivity contribution in [1.82, 2.24) is 4.57 Å². The maximum atomic E-state index is 5.61. The van der Waals surface area contributed by atoms with Crippen LogP contribution in [0.15, 0.2) is 230 Å². The lowest BCUT2D eigenvalue weighted by molar-refractivity contribution is 0.660. The van der Waals surface area contributed by atoms with Gasteiger partial charge in [0.05, 0.1) is 27.8 Å². The molecule has 1 aliphatic heterocycles. The highest BCUT2D eigenvalue weighted by Gasteiger charge is 2.43. The zero-order valence-corrected chi connectivity index (χ0v) is 36.5. The number of aromatic nitrogens is 1. The number of rotatable bonds is 10. The van der Waals surface area contributed by atoms with Gasteiger partial charge in [0, 0.05) is 38.9 Å². The first-order valence-corrected chi connectivity index (χ1v) is 22.3. The van der Waals surface area contributed by atoms with Crippen molar-refractivity contribution >= 4 is 50.3 Å². The number of nitrogens with zero attached hydrogens (tertiary/aromatic N) is 3. The maximum absolute atomic E-state index is 5.61. The van der Waals surface area contributed by atoms with Crippen LogP contribution in [0.5, 0.6) is 0 Å². The average molecular weight is 824 g/mol. The van der Waals surface area contributed by atoms with Crippen molar-refractivity contribution in [1.29, 1.82) is 0 Å². The summed E-state index contributed by atoms with van der Waals surface area (Å²) in [5.41, 5.74) is 18.6. The number of hydrogen-bond donors (Lipinski definition) is 0. The Kier molecular flexibility index (Phi) is 9.51. The average Bonchev–Trinajstić information content (AvgIpc) is 3.93. The van der Waals surface area contributed by atoms with Crippen molar-refractivity contribution < 1.29 is 0 Å². The van der Waals surface area contributed by atoms with Gasteiger partial charge in [0.15, 0.2) is 0 Å². The molecule has 8 aromatic carbocycles. The van der Waals surface area contributed by atoms with E-state index in [1.165, 1.54) is 49.7 Å². The van der Waals surface area contributed by atoms with Crippen molar-refractivity contribution in [3.63, 3.8) is 0 Å². The van der Waals surface area contributed by atoms with Crippen molar-refractivity contribution in [2.45, 2.75) is 38.0 Å². The van der Waals surface area contributed by atoms with Crippen LogP contribution in [0.25, 0.3) is 38.6 Å². The van der Waals surface area contributed by atoms with Gasteiger partial charge >= 0.3 is 0 Å². The molecule has 0 amide bonds. The number of aliphatic imine (C=N–C) groups is 1. The Morgan fingerprint density at radius 3 is 1.98 bits per heavy atom. The van der Waals surface area contributed by atoms with E-state index in [0.717, 1.165) is 57.2 Å². The second kappa shape index (κ2) is 15.6.